The lowest BCUT2D eigenvalue weighted by molar-refractivity contribution is -0.139. The van der Waals surface area contributed by atoms with Gasteiger partial charge in [-0.3, -0.25) is 19.4 Å². The van der Waals surface area contributed by atoms with E-state index in [1.807, 2.05) is 23.1 Å². The average Bonchev–Trinajstić information content (AvgIpc) is 3.05. The third-order valence-electron chi connectivity index (χ3n) is 5.57. The molecule has 9 nitrogen and oxygen atoms in total. The second-order valence-corrected chi connectivity index (χ2v) is 7.26. The van der Waals surface area contributed by atoms with E-state index < -0.39 is 6.04 Å². The number of hydrogen-bond donors (Lipinski definition) is 0. The lowest BCUT2D eigenvalue weighted by Gasteiger charge is -2.36. The van der Waals surface area contributed by atoms with Gasteiger partial charge in [-0.2, -0.15) is 0 Å². The molecule has 0 unspecified atom stereocenters. The van der Waals surface area contributed by atoms with Gasteiger partial charge in [0.2, 0.25) is 11.8 Å². The summed E-state index contributed by atoms with van der Waals surface area (Å²) in [6.45, 7) is 4.51. The van der Waals surface area contributed by atoms with Gasteiger partial charge in [0.1, 0.15) is 0 Å². The number of rotatable bonds is 7. The third kappa shape index (κ3) is 4.67. The normalized spacial score (nSPS) is 19.9. The Bertz CT molecular complexity index is 791. The molecular weight excluding hydrogens is 390 g/mol. The molecule has 0 bridgehead atoms. The molecule has 30 heavy (non-hydrogen) atoms. The quantitative estimate of drug-likeness (QED) is 0.613. The number of likely N-dealkylation sites (tertiary alicyclic amines) is 1. The van der Waals surface area contributed by atoms with E-state index in [9.17, 15) is 14.4 Å². The Hall–Kier alpha value is -2.81. The summed E-state index contributed by atoms with van der Waals surface area (Å²) in [5.74, 6) is 0.936. The van der Waals surface area contributed by atoms with Gasteiger partial charge in [0.25, 0.3) is 0 Å². The Morgan fingerprint density at radius 1 is 1.07 bits per heavy atom. The van der Waals surface area contributed by atoms with Crippen LogP contribution < -0.4 is 9.47 Å². The van der Waals surface area contributed by atoms with Crippen molar-refractivity contribution in [3.63, 3.8) is 0 Å². The minimum atomic E-state index is -0.452. The molecule has 0 saturated carbocycles. The fraction of sp³-hybridized carbons (Fsp3) is 0.571. The van der Waals surface area contributed by atoms with E-state index in [1.54, 1.807) is 26.0 Å². The third-order valence-corrected chi connectivity index (χ3v) is 5.57. The van der Waals surface area contributed by atoms with Crippen LogP contribution in [0.1, 0.15) is 18.9 Å². The van der Waals surface area contributed by atoms with Crippen LogP contribution in [0.2, 0.25) is 0 Å². The smallest absolute Gasteiger partial charge is 0.409 e. The van der Waals surface area contributed by atoms with E-state index in [2.05, 4.69) is 0 Å². The summed E-state index contributed by atoms with van der Waals surface area (Å²) < 4.78 is 15.6. The average molecular weight is 419 g/mol. The van der Waals surface area contributed by atoms with Crippen molar-refractivity contribution >= 4 is 17.9 Å². The summed E-state index contributed by atoms with van der Waals surface area (Å²) in [7, 11) is 3.15. The second-order valence-electron chi connectivity index (χ2n) is 7.26. The highest BCUT2D eigenvalue weighted by Crippen LogP contribution is 2.28. The van der Waals surface area contributed by atoms with Crippen LogP contribution in [0.3, 0.4) is 0 Å². The standard InChI is InChI=1S/C21H29N3O6/c1-4-30-21(27)23-11-9-22(10-12-23)16-14-19(25)24(20(16)26)8-7-15-5-6-17(28-2)18(13-15)29-3/h5-6,13,16H,4,7-12,14H2,1-3H3/t16-/m0/s1. The molecule has 3 rings (SSSR count). The summed E-state index contributed by atoms with van der Waals surface area (Å²) in [6.07, 6.45) is 0.397. The molecule has 1 atom stereocenters. The zero-order chi connectivity index (χ0) is 21.7. The minimum absolute atomic E-state index is 0.154. The van der Waals surface area contributed by atoms with Crippen molar-refractivity contribution in [2.24, 2.45) is 0 Å². The molecule has 0 spiro atoms. The Kier molecular flexibility index (Phi) is 7.15. The van der Waals surface area contributed by atoms with Crippen LogP contribution in [0.5, 0.6) is 11.5 Å². The second kappa shape index (κ2) is 9.80. The fourth-order valence-electron chi connectivity index (χ4n) is 3.89. The Morgan fingerprint density at radius 3 is 2.40 bits per heavy atom. The van der Waals surface area contributed by atoms with Gasteiger partial charge in [0.15, 0.2) is 11.5 Å². The van der Waals surface area contributed by atoms with Crippen molar-refractivity contribution in [2.75, 3.05) is 53.6 Å². The van der Waals surface area contributed by atoms with Crippen LogP contribution in [0.25, 0.3) is 0 Å². The predicted molar refractivity (Wildman–Crippen MR) is 109 cm³/mol. The molecule has 164 valence electrons. The number of carbonyl (C=O) groups is 3. The molecule has 0 radical (unpaired) electrons. The monoisotopic (exact) mass is 419 g/mol. The first kappa shape index (κ1) is 21.9. The maximum absolute atomic E-state index is 12.9. The fourth-order valence-corrected chi connectivity index (χ4v) is 3.89. The lowest BCUT2D eigenvalue weighted by Crippen LogP contribution is -2.54. The molecule has 0 N–H and O–H groups in total. The number of piperazine rings is 1. The first-order chi connectivity index (χ1) is 14.5. The maximum atomic E-state index is 12.9. The molecule has 0 aliphatic carbocycles. The zero-order valence-corrected chi connectivity index (χ0v) is 17.8. The molecule has 9 heteroatoms. The van der Waals surface area contributed by atoms with E-state index in [-0.39, 0.29) is 24.3 Å². The summed E-state index contributed by atoms with van der Waals surface area (Å²) in [4.78, 5) is 42.2. The van der Waals surface area contributed by atoms with Crippen LogP contribution in [0, 0.1) is 0 Å². The minimum Gasteiger partial charge on any atom is -0.493 e. The first-order valence-corrected chi connectivity index (χ1v) is 10.2. The van der Waals surface area contributed by atoms with Gasteiger partial charge in [-0.1, -0.05) is 6.07 Å². The first-order valence-electron chi connectivity index (χ1n) is 10.2. The van der Waals surface area contributed by atoms with Gasteiger partial charge in [-0.15, -0.1) is 0 Å². The number of methoxy groups -OCH3 is 2. The van der Waals surface area contributed by atoms with E-state index in [1.165, 1.54) is 4.90 Å². The number of hydrogen-bond acceptors (Lipinski definition) is 7. The number of carbonyl (C=O) groups excluding carboxylic acids is 3. The molecule has 1 aromatic rings. The highest BCUT2D eigenvalue weighted by atomic mass is 16.6. The molecular formula is C21H29N3O6. The molecule has 0 aromatic heterocycles. The van der Waals surface area contributed by atoms with Gasteiger partial charge in [-0.25, -0.2) is 4.79 Å². The molecule has 1 aromatic carbocycles. The number of ether oxygens (including phenoxy) is 3. The summed E-state index contributed by atoms with van der Waals surface area (Å²) in [5.41, 5.74) is 0.958. The Labute approximate surface area is 176 Å². The van der Waals surface area contributed by atoms with Crippen molar-refractivity contribution in [1.82, 2.24) is 14.7 Å². The summed E-state index contributed by atoms with van der Waals surface area (Å²) in [5, 5.41) is 0. The van der Waals surface area contributed by atoms with E-state index in [0.717, 1.165) is 5.56 Å². The van der Waals surface area contributed by atoms with Crippen molar-refractivity contribution < 1.29 is 28.6 Å². The van der Waals surface area contributed by atoms with Gasteiger partial charge in [0.05, 0.1) is 33.3 Å². The molecule has 2 aliphatic rings. The van der Waals surface area contributed by atoms with Crippen LogP contribution in [-0.2, 0) is 20.7 Å². The Morgan fingerprint density at radius 2 is 1.77 bits per heavy atom. The van der Waals surface area contributed by atoms with Crippen molar-refractivity contribution in [3.05, 3.63) is 23.8 Å². The Balaban J connectivity index is 1.56. The predicted octanol–water partition coefficient (Wildman–Crippen LogP) is 1.15. The lowest BCUT2D eigenvalue weighted by atomic mass is 10.1. The molecule has 2 aliphatic heterocycles. The number of benzene rings is 1. The van der Waals surface area contributed by atoms with E-state index >= 15 is 0 Å². The SMILES string of the molecule is CCOC(=O)N1CCN([C@H]2CC(=O)N(CCc3ccc(OC)c(OC)c3)C2=O)CC1. The van der Waals surface area contributed by atoms with Crippen molar-refractivity contribution in [2.45, 2.75) is 25.8 Å². The van der Waals surface area contributed by atoms with Gasteiger partial charge < -0.3 is 19.1 Å². The van der Waals surface area contributed by atoms with E-state index in [0.29, 0.717) is 57.3 Å². The zero-order valence-electron chi connectivity index (χ0n) is 17.8. The topological polar surface area (TPSA) is 88.6 Å². The highest BCUT2D eigenvalue weighted by molar-refractivity contribution is 6.05. The van der Waals surface area contributed by atoms with Gasteiger partial charge in [-0.05, 0) is 31.0 Å². The van der Waals surface area contributed by atoms with Crippen molar-refractivity contribution in [3.8, 4) is 11.5 Å². The van der Waals surface area contributed by atoms with Crippen LogP contribution in [0.4, 0.5) is 4.79 Å². The molecule has 2 heterocycles. The highest BCUT2D eigenvalue weighted by Gasteiger charge is 2.42. The number of nitrogens with zero attached hydrogens (tertiary/aromatic N) is 3. The maximum Gasteiger partial charge on any atom is 0.409 e. The van der Waals surface area contributed by atoms with Crippen LogP contribution in [-0.4, -0.2) is 92.2 Å². The summed E-state index contributed by atoms with van der Waals surface area (Å²) in [6, 6.07) is 5.12. The van der Waals surface area contributed by atoms with Gasteiger partial charge in [0, 0.05) is 32.7 Å². The van der Waals surface area contributed by atoms with E-state index in [4.69, 9.17) is 14.2 Å². The number of amides is 3. The molecule has 2 fully saturated rings. The largest absolute Gasteiger partial charge is 0.493 e. The van der Waals surface area contributed by atoms with Crippen LogP contribution >= 0.6 is 0 Å². The summed E-state index contributed by atoms with van der Waals surface area (Å²) >= 11 is 0. The van der Waals surface area contributed by atoms with Gasteiger partial charge >= 0.3 is 6.09 Å². The number of imide groups is 1. The molecule has 2 saturated heterocycles. The van der Waals surface area contributed by atoms with Crippen molar-refractivity contribution in [1.29, 1.82) is 0 Å². The molecule has 3 amide bonds. The van der Waals surface area contributed by atoms with Crippen LogP contribution in [0.15, 0.2) is 18.2 Å².